The van der Waals surface area contributed by atoms with Gasteiger partial charge in [-0.05, 0) is 18.6 Å². The van der Waals surface area contributed by atoms with E-state index in [1.54, 1.807) is 0 Å². The van der Waals surface area contributed by atoms with Gasteiger partial charge >= 0.3 is 0 Å². The normalized spacial score (nSPS) is 15.7. The lowest BCUT2D eigenvalue weighted by molar-refractivity contribution is 0.217. The fraction of sp³-hybridized carbons (Fsp3) is 0.500. The standard InChI is InChI=1S/C12H18N2O3S/c1-17-9-10-18(15,16)14-8-4-7-13-11-5-2-3-6-12(11)14/h2-3,5-6,13H,4,7-10H2,1H3. The van der Waals surface area contributed by atoms with Gasteiger partial charge in [-0.1, -0.05) is 12.1 Å². The largest absolute Gasteiger partial charge is 0.384 e. The average molecular weight is 270 g/mol. The molecular formula is C12H18N2O3S. The first-order valence-electron chi connectivity index (χ1n) is 5.97. The molecule has 1 heterocycles. The van der Waals surface area contributed by atoms with E-state index in [0.29, 0.717) is 6.54 Å². The molecule has 6 heteroatoms. The van der Waals surface area contributed by atoms with Crippen molar-refractivity contribution in [3.05, 3.63) is 24.3 Å². The molecule has 1 aliphatic heterocycles. The van der Waals surface area contributed by atoms with Crippen LogP contribution < -0.4 is 9.62 Å². The molecule has 0 aromatic heterocycles. The molecule has 1 aliphatic rings. The minimum absolute atomic E-state index is 0.0117. The van der Waals surface area contributed by atoms with Crippen molar-refractivity contribution in [1.82, 2.24) is 0 Å². The number of benzene rings is 1. The molecule has 0 saturated carbocycles. The quantitative estimate of drug-likeness (QED) is 0.895. The second kappa shape index (κ2) is 5.58. The van der Waals surface area contributed by atoms with E-state index in [4.69, 9.17) is 4.74 Å². The van der Waals surface area contributed by atoms with Crippen molar-refractivity contribution >= 4 is 21.4 Å². The Bertz CT molecular complexity index is 502. The van der Waals surface area contributed by atoms with Crippen LogP contribution in [0, 0.1) is 0 Å². The van der Waals surface area contributed by atoms with Gasteiger partial charge < -0.3 is 10.1 Å². The number of nitrogens with zero attached hydrogens (tertiary/aromatic N) is 1. The Hall–Kier alpha value is -1.27. The number of nitrogens with one attached hydrogen (secondary N) is 1. The molecule has 1 N–H and O–H groups in total. The van der Waals surface area contributed by atoms with Gasteiger partial charge in [0.15, 0.2) is 0 Å². The monoisotopic (exact) mass is 270 g/mol. The highest BCUT2D eigenvalue weighted by molar-refractivity contribution is 7.92. The van der Waals surface area contributed by atoms with Crippen molar-refractivity contribution in [2.45, 2.75) is 6.42 Å². The van der Waals surface area contributed by atoms with E-state index < -0.39 is 10.0 Å². The number of anilines is 2. The molecule has 0 radical (unpaired) electrons. The number of sulfonamides is 1. The van der Waals surface area contributed by atoms with Crippen LogP contribution in [0.25, 0.3) is 0 Å². The molecular weight excluding hydrogens is 252 g/mol. The third-order valence-electron chi connectivity index (χ3n) is 2.91. The molecule has 1 aromatic rings. The van der Waals surface area contributed by atoms with Crippen LogP contribution in [-0.2, 0) is 14.8 Å². The van der Waals surface area contributed by atoms with Crippen LogP contribution in [-0.4, -0.2) is 41.0 Å². The zero-order valence-corrected chi connectivity index (χ0v) is 11.2. The lowest BCUT2D eigenvalue weighted by Crippen LogP contribution is -2.34. The van der Waals surface area contributed by atoms with Gasteiger partial charge in [-0.2, -0.15) is 0 Å². The molecule has 18 heavy (non-hydrogen) atoms. The lowest BCUT2D eigenvalue weighted by Gasteiger charge is -2.23. The Morgan fingerprint density at radius 3 is 2.94 bits per heavy atom. The summed E-state index contributed by atoms with van der Waals surface area (Å²) in [5.41, 5.74) is 1.60. The maximum absolute atomic E-state index is 12.3. The Balaban J connectivity index is 2.33. The Morgan fingerprint density at radius 2 is 2.17 bits per heavy atom. The summed E-state index contributed by atoms with van der Waals surface area (Å²) in [5, 5.41) is 3.25. The maximum Gasteiger partial charge on any atom is 0.237 e. The SMILES string of the molecule is COCCS(=O)(=O)N1CCCNc2ccccc21. The van der Waals surface area contributed by atoms with Gasteiger partial charge in [-0.25, -0.2) is 8.42 Å². The van der Waals surface area contributed by atoms with Crippen molar-refractivity contribution in [1.29, 1.82) is 0 Å². The van der Waals surface area contributed by atoms with Gasteiger partial charge in [0, 0.05) is 20.2 Å². The number of fused-ring (bicyclic) bond motifs is 1. The van der Waals surface area contributed by atoms with E-state index in [2.05, 4.69) is 5.32 Å². The summed E-state index contributed by atoms with van der Waals surface area (Å²) in [4.78, 5) is 0. The third-order valence-corrected chi connectivity index (χ3v) is 4.64. The van der Waals surface area contributed by atoms with E-state index in [9.17, 15) is 8.42 Å². The van der Waals surface area contributed by atoms with Crippen molar-refractivity contribution in [2.75, 3.05) is 42.2 Å². The molecule has 0 unspecified atom stereocenters. The number of hydrogen-bond acceptors (Lipinski definition) is 4. The molecule has 0 aliphatic carbocycles. The van der Waals surface area contributed by atoms with E-state index >= 15 is 0 Å². The molecule has 2 rings (SSSR count). The maximum atomic E-state index is 12.3. The summed E-state index contributed by atoms with van der Waals surface area (Å²) in [6, 6.07) is 7.49. The van der Waals surface area contributed by atoms with Gasteiger partial charge in [0.25, 0.3) is 0 Å². The lowest BCUT2D eigenvalue weighted by atomic mass is 10.2. The number of para-hydroxylation sites is 2. The van der Waals surface area contributed by atoms with Crippen molar-refractivity contribution in [3.8, 4) is 0 Å². The number of ether oxygens (including phenoxy) is 1. The van der Waals surface area contributed by atoms with E-state index in [0.717, 1.165) is 24.3 Å². The molecule has 0 bridgehead atoms. The summed E-state index contributed by atoms with van der Waals surface area (Å²) in [7, 11) is -1.81. The van der Waals surface area contributed by atoms with Gasteiger partial charge in [-0.15, -0.1) is 0 Å². The summed E-state index contributed by atoms with van der Waals surface area (Å²) < 4.78 is 30.9. The second-order valence-corrected chi connectivity index (χ2v) is 6.19. The van der Waals surface area contributed by atoms with Crippen molar-refractivity contribution < 1.29 is 13.2 Å². The molecule has 0 spiro atoms. The van der Waals surface area contributed by atoms with E-state index in [-0.39, 0.29) is 12.4 Å². The summed E-state index contributed by atoms with van der Waals surface area (Å²) in [5.74, 6) is 0.0117. The summed E-state index contributed by atoms with van der Waals surface area (Å²) >= 11 is 0. The predicted molar refractivity (Wildman–Crippen MR) is 72.6 cm³/mol. The number of hydrogen-bond donors (Lipinski definition) is 1. The Morgan fingerprint density at radius 1 is 1.39 bits per heavy atom. The van der Waals surface area contributed by atoms with E-state index in [1.165, 1.54) is 11.4 Å². The van der Waals surface area contributed by atoms with Crippen LogP contribution in [0.4, 0.5) is 11.4 Å². The van der Waals surface area contributed by atoms with Gasteiger partial charge in [0.05, 0.1) is 23.7 Å². The van der Waals surface area contributed by atoms with Gasteiger partial charge in [0.1, 0.15) is 0 Å². The molecule has 0 atom stereocenters. The third kappa shape index (κ3) is 2.76. The topological polar surface area (TPSA) is 58.6 Å². The minimum atomic E-state index is -3.31. The highest BCUT2D eigenvalue weighted by Gasteiger charge is 2.25. The molecule has 0 amide bonds. The van der Waals surface area contributed by atoms with Gasteiger partial charge in [0.2, 0.25) is 10.0 Å². The average Bonchev–Trinajstić information content (AvgIpc) is 2.59. The first-order chi connectivity index (χ1) is 8.65. The first kappa shape index (κ1) is 13.2. The Kier molecular flexibility index (Phi) is 4.08. The molecule has 5 nitrogen and oxygen atoms in total. The van der Waals surface area contributed by atoms with Crippen molar-refractivity contribution in [2.24, 2.45) is 0 Å². The summed E-state index contributed by atoms with van der Waals surface area (Å²) in [6.07, 6.45) is 0.793. The summed E-state index contributed by atoms with van der Waals surface area (Å²) in [6.45, 7) is 1.51. The van der Waals surface area contributed by atoms with Crippen molar-refractivity contribution in [3.63, 3.8) is 0 Å². The van der Waals surface area contributed by atoms with Crippen LogP contribution in [0.3, 0.4) is 0 Å². The predicted octanol–water partition coefficient (Wildman–Crippen LogP) is 1.28. The zero-order valence-electron chi connectivity index (χ0n) is 10.4. The smallest absolute Gasteiger partial charge is 0.237 e. The highest BCUT2D eigenvalue weighted by Crippen LogP contribution is 2.30. The van der Waals surface area contributed by atoms with Crippen LogP contribution >= 0.6 is 0 Å². The van der Waals surface area contributed by atoms with Crippen LogP contribution in [0.5, 0.6) is 0 Å². The fourth-order valence-electron chi connectivity index (χ4n) is 1.99. The minimum Gasteiger partial charge on any atom is -0.384 e. The van der Waals surface area contributed by atoms with Crippen LogP contribution in [0.1, 0.15) is 6.42 Å². The Labute approximate surface area is 108 Å². The molecule has 1 aromatic carbocycles. The number of methoxy groups -OCH3 is 1. The second-order valence-electron chi connectivity index (χ2n) is 4.18. The van der Waals surface area contributed by atoms with Crippen LogP contribution in [0.2, 0.25) is 0 Å². The fourth-order valence-corrected chi connectivity index (χ4v) is 3.46. The number of rotatable bonds is 4. The van der Waals surface area contributed by atoms with Gasteiger partial charge in [-0.3, -0.25) is 4.31 Å². The molecule has 0 saturated heterocycles. The first-order valence-corrected chi connectivity index (χ1v) is 7.58. The van der Waals surface area contributed by atoms with Crippen LogP contribution in [0.15, 0.2) is 24.3 Å². The molecule has 0 fully saturated rings. The molecule has 100 valence electrons. The highest BCUT2D eigenvalue weighted by atomic mass is 32.2. The van der Waals surface area contributed by atoms with E-state index in [1.807, 2.05) is 24.3 Å². The zero-order chi connectivity index (χ0) is 13.0.